The predicted molar refractivity (Wildman–Crippen MR) is 122 cm³/mol. The summed E-state index contributed by atoms with van der Waals surface area (Å²) in [4.78, 5) is 26.0. The summed E-state index contributed by atoms with van der Waals surface area (Å²) in [6.45, 7) is 2.88. The molecule has 1 heterocycles. The van der Waals surface area contributed by atoms with Gasteiger partial charge in [-0.2, -0.15) is 5.10 Å². The fourth-order valence-electron chi connectivity index (χ4n) is 2.87. The number of hydrogen-bond acceptors (Lipinski definition) is 5. The third kappa shape index (κ3) is 7.64. The Kier molecular flexibility index (Phi) is 8.40. The van der Waals surface area contributed by atoms with Gasteiger partial charge in [0.05, 0.1) is 31.5 Å². The molecule has 0 bridgehead atoms. The van der Waals surface area contributed by atoms with E-state index in [1.165, 1.54) is 23.0 Å². The number of nitrogens with zero attached hydrogens (tertiary/aromatic N) is 3. The van der Waals surface area contributed by atoms with Gasteiger partial charge in [-0.05, 0) is 31.2 Å². The molecular formula is C24H27FN4O4. The van der Waals surface area contributed by atoms with Crippen molar-refractivity contribution in [1.82, 2.24) is 14.7 Å². The number of aromatic nitrogens is 2. The van der Waals surface area contributed by atoms with Gasteiger partial charge in [-0.3, -0.25) is 14.3 Å². The Morgan fingerprint density at radius 2 is 1.85 bits per heavy atom. The maximum Gasteiger partial charge on any atom is 0.244 e. The number of ether oxygens (including phenoxy) is 2. The van der Waals surface area contributed by atoms with Crippen LogP contribution in [-0.2, 0) is 16.1 Å². The molecule has 0 fully saturated rings. The van der Waals surface area contributed by atoms with Gasteiger partial charge in [-0.1, -0.05) is 29.8 Å². The van der Waals surface area contributed by atoms with Crippen LogP contribution in [0.5, 0.6) is 11.5 Å². The largest absolute Gasteiger partial charge is 0.492 e. The Labute approximate surface area is 191 Å². The number of hydrogen-bond donors (Lipinski definition) is 1. The number of aryl methyl sites for hydroxylation is 1. The second-order valence-corrected chi connectivity index (χ2v) is 7.48. The maximum atomic E-state index is 13.5. The number of carbonyl (C=O) groups excluding carboxylic acids is 2. The highest BCUT2D eigenvalue weighted by atomic mass is 19.1. The van der Waals surface area contributed by atoms with Gasteiger partial charge in [-0.15, -0.1) is 0 Å². The molecule has 174 valence electrons. The van der Waals surface area contributed by atoms with Crippen LogP contribution in [0.4, 0.5) is 10.1 Å². The molecule has 2 amide bonds. The number of rotatable bonds is 11. The minimum atomic E-state index is -0.476. The van der Waals surface area contributed by atoms with Crippen LogP contribution < -0.4 is 14.8 Å². The van der Waals surface area contributed by atoms with E-state index in [1.807, 2.05) is 31.2 Å². The molecule has 0 aliphatic rings. The van der Waals surface area contributed by atoms with Crippen LogP contribution >= 0.6 is 0 Å². The molecule has 0 saturated carbocycles. The van der Waals surface area contributed by atoms with E-state index in [9.17, 15) is 14.0 Å². The van der Waals surface area contributed by atoms with Crippen molar-refractivity contribution in [3.05, 3.63) is 72.3 Å². The van der Waals surface area contributed by atoms with Gasteiger partial charge < -0.3 is 19.7 Å². The fraction of sp³-hybridized carbons (Fsp3) is 0.292. The van der Waals surface area contributed by atoms with Crippen LogP contribution in [0.15, 0.2) is 60.9 Å². The Morgan fingerprint density at radius 1 is 1.09 bits per heavy atom. The molecule has 33 heavy (non-hydrogen) atoms. The van der Waals surface area contributed by atoms with Gasteiger partial charge in [0.15, 0.2) is 11.6 Å². The van der Waals surface area contributed by atoms with E-state index in [-0.39, 0.29) is 37.1 Å². The van der Waals surface area contributed by atoms with Crippen molar-refractivity contribution in [2.45, 2.75) is 19.9 Å². The van der Waals surface area contributed by atoms with E-state index in [1.54, 1.807) is 30.3 Å². The summed E-state index contributed by atoms with van der Waals surface area (Å²) in [5.41, 5.74) is 1.62. The summed E-state index contributed by atoms with van der Waals surface area (Å²) in [5, 5.41) is 6.79. The molecule has 3 aromatic rings. The zero-order chi connectivity index (χ0) is 23.6. The SMILES string of the molecule is Cc1ccc(OCCN(C)C(=O)Cn2cc(NC(=O)CCOc3ccccc3F)cn2)cc1. The minimum absolute atomic E-state index is 0.0350. The number of halogens is 1. The quantitative estimate of drug-likeness (QED) is 0.481. The molecule has 9 heteroatoms. The number of para-hydroxylation sites is 1. The number of anilines is 1. The van der Waals surface area contributed by atoms with E-state index in [2.05, 4.69) is 10.4 Å². The first-order valence-corrected chi connectivity index (χ1v) is 10.5. The second kappa shape index (κ2) is 11.7. The van der Waals surface area contributed by atoms with Crippen molar-refractivity contribution < 1.29 is 23.5 Å². The van der Waals surface area contributed by atoms with Crippen molar-refractivity contribution in [2.75, 3.05) is 32.1 Å². The Bertz CT molecular complexity index is 1070. The van der Waals surface area contributed by atoms with Gasteiger partial charge in [0.2, 0.25) is 11.8 Å². The van der Waals surface area contributed by atoms with Crippen molar-refractivity contribution in [2.24, 2.45) is 0 Å². The summed E-state index contributed by atoms with van der Waals surface area (Å²) < 4.78 is 25.9. The molecule has 1 aromatic heterocycles. The van der Waals surface area contributed by atoms with Crippen LogP contribution in [0, 0.1) is 12.7 Å². The zero-order valence-electron chi connectivity index (χ0n) is 18.7. The van der Waals surface area contributed by atoms with Crippen molar-refractivity contribution in [3.8, 4) is 11.5 Å². The zero-order valence-corrected chi connectivity index (χ0v) is 18.7. The lowest BCUT2D eigenvalue weighted by atomic mass is 10.2. The first-order chi connectivity index (χ1) is 15.9. The van der Waals surface area contributed by atoms with Crippen molar-refractivity contribution >= 4 is 17.5 Å². The molecule has 0 aliphatic heterocycles. The number of likely N-dealkylation sites (N-methyl/N-ethyl adjacent to an activating group) is 1. The van der Waals surface area contributed by atoms with Gasteiger partial charge in [-0.25, -0.2) is 4.39 Å². The highest BCUT2D eigenvalue weighted by Gasteiger charge is 2.12. The number of carbonyl (C=O) groups is 2. The highest BCUT2D eigenvalue weighted by molar-refractivity contribution is 5.90. The summed E-state index contributed by atoms with van der Waals surface area (Å²) >= 11 is 0. The first kappa shape index (κ1) is 23.8. The normalized spacial score (nSPS) is 10.5. The summed E-state index contributed by atoms with van der Waals surface area (Å²) in [7, 11) is 1.70. The molecule has 2 aromatic carbocycles. The lowest BCUT2D eigenvalue weighted by molar-refractivity contribution is -0.131. The number of amides is 2. The van der Waals surface area contributed by atoms with E-state index >= 15 is 0 Å². The van der Waals surface area contributed by atoms with Crippen LogP contribution in [0.2, 0.25) is 0 Å². The number of nitrogens with one attached hydrogen (secondary N) is 1. The fourth-order valence-corrected chi connectivity index (χ4v) is 2.87. The molecule has 0 unspecified atom stereocenters. The third-order valence-electron chi connectivity index (χ3n) is 4.78. The Balaban J connectivity index is 1.37. The summed E-state index contributed by atoms with van der Waals surface area (Å²) in [6, 6.07) is 13.7. The maximum absolute atomic E-state index is 13.5. The van der Waals surface area contributed by atoms with Crippen LogP contribution in [-0.4, -0.2) is 53.3 Å². The van der Waals surface area contributed by atoms with Crippen molar-refractivity contribution in [3.63, 3.8) is 0 Å². The summed E-state index contributed by atoms with van der Waals surface area (Å²) in [6.07, 6.45) is 3.08. The lowest BCUT2D eigenvalue weighted by Crippen LogP contribution is -2.33. The third-order valence-corrected chi connectivity index (χ3v) is 4.78. The van der Waals surface area contributed by atoms with Crippen molar-refractivity contribution in [1.29, 1.82) is 0 Å². The highest BCUT2D eigenvalue weighted by Crippen LogP contribution is 2.15. The predicted octanol–water partition coefficient (Wildman–Crippen LogP) is 3.28. The molecule has 0 radical (unpaired) electrons. The molecule has 8 nitrogen and oxygen atoms in total. The second-order valence-electron chi connectivity index (χ2n) is 7.48. The minimum Gasteiger partial charge on any atom is -0.492 e. The van der Waals surface area contributed by atoms with Gasteiger partial charge in [0.25, 0.3) is 0 Å². The van der Waals surface area contributed by atoms with E-state index < -0.39 is 5.82 Å². The van der Waals surface area contributed by atoms with Gasteiger partial charge >= 0.3 is 0 Å². The van der Waals surface area contributed by atoms with Crippen LogP contribution in [0.3, 0.4) is 0 Å². The Morgan fingerprint density at radius 3 is 2.61 bits per heavy atom. The molecule has 0 spiro atoms. The molecule has 0 atom stereocenters. The van der Waals surface area contributed by atoms with Gasteiger partial charge in [0, 0.05) is 13.2 Å². The lowest BCUT2D eigenvalue weighted by Gasteiger charge is -2.17. The molecular weight excluding hydrogens is 427 g/mol. The van der Waals surface area contributed by atoms with E-state index in [4.69, 9.17) is 9.47 Å². The topological polar surface area (TPSA) is 85.7 Å². The molecule has 3 rings (SSSR count). The number of benzene rings is 2. The first-order valence-electron chi connectivity index (χ1n) is 10.5. The van der Waals surface area contributed by atoms with Gasteiger partial charge in [0.1, 0.15) is 18.9 Å². The average Bonchev–Trinajstić information content (AvgIpc) is 3.22. The molecule has 0 aliphatic carbocycles. The van der Waals surface area contributed by atoms with E-state index in [0.29, 0.717) is 18.8 Å². The van der Waals surface area contributed by atoms with Crippen LogP contribution in [0.1, 0.15) is 12.0 Å². The Hall–Kier alpha value is -3.88. The van der Waals surface area contributed by atoms with Crippen LogP contribution in [0.25, 0.3) is 0 Å². The summed E-state index contributed by atoms with van der Waals surface area (Å²) in [5.74, 6) is -0.0573. The molecule has 1 N–H and O–H groups in total. The monoisotopic (exact) mass is 454 g/mol. The average molecular weight is 455 g/mol. The standard InChI is InChI=1S/C24H27FN4O4/c1-18-7-9-20(10-8-18)32-14-12-28(2)24(31)17-29-16-19(15-26-29)27-23(30)11-13-33-22-6-4-3-5-21(22)25/h3-10,15-16H,11-14,17H2,1-2H3,(H,27,30). The smallest absolute Gasteiger partial charge is 0.244 e. The molecule has 0 saturated heterocycles. The van der Waals surface area contributed by atoms with E-state index in [0.717, 1.165) is 11.3 Å².